The fourth-order valence-corrected chi connectivity index (χ4v) is 2.48. The molecule has 1 atom stereocenters. The van der Waals surface area contributed by atoms with Crippen molar-refractivity contribution in [2.75, 3.05) is 33.8 Å². The summed E-state index contributed by atoms with van der Waals surface area (Å²) in [4.78, 5) is 13.9. The topological polar surface area (TPSA) is 41.6 Å². The summed E-state index contributed by atoms with van der Waals surface area (Å²) in [5.41, 5.74) is -0.0478. The molecule has 0 spiro atoms. The van der Waals surface area contributed by atoms with Crippen molar-refractivity contribution in [3.8, 4) is 0 Å². The Labute approximate surface area is 105 Å². The second-order valence-electron chi connectivity index (χ2n) is 5.12. The molecule has 0 aliphatic carbocycles. The van der Waals surface area contributed by atoms with Gasteiger partial charge in [-0.15, -0.1) is 0 Å². The van der Waals surface area contributed by atoms with Gasteiger partial charge < -0.3 is 15.0 Å². The molecule has 1 N–H and O–H groups in total. The fourth-order valence-electron chi connectivity index (χ4n) is 2.48. The van der Waals surface area contributed by atoms with Gasteiger partial charge in [0.2, 0.25) is 0 Å². The fraction of sp³-hybridized carbons (Fsp3) is 0.923. The highest BCUT2D eigenvalue weighted by Crippen LogP contribution is 2.26. The van der Waals surface area contributed by atoms with E-state index in [0.29, 0.717) is 6.42 Å². The summed E-state index contributed by atoms with van der Waals surface area (Å²) in [5.74, 6) is -0.0989. The first-order valence-corrected chi connectivity index (χ1v) is 6.62. The lowest BCUT2D eigenvalue weighted by Gasteiger charge is -2.33. The molecule has 1 saturated heterocycles. The summed E-state index contributed by atoms with van der Waals surface area (Å²) in [6, 6.07) is 0. The van der Waals surface area contributed by atoms with Gasteiger partial charge in [0.15, 0.2) is 0 Å². The molecule has 0 aromatic rings. The van der Waals surface area contributed by atoms with Crippen LogP contribution in [0.4, 0.5) is 0 Å². The number of hydrogen-bond acceptors (Lipinski definition) is 4. The van der Waals surface area contributed by atoms with Gasteiger partial charge in [-0.05, 0) is 52.4 Å². The molecule has 17 heavy (non-hydrogen) atoms. The number of carbonyl (C=O) groups is 1. The van der Waals surface area contributed by atoms with E-state index in [4.69, 9.17) is 4.74 Å². The van der Waals surface area contributed by atoms with Crippen LogP contribution in [0.15, 0.2) is 0 Å². The molecule has 1 rings (SSSR count). The molecule has 4 heteroatoms. The normalized spacial score (nSPS) is 26.5. The van der Waals surface area contributed by atoms with Crippen molar-refractivity contribution in [1.82, 2.24) is 10.2 Å². The highest BCUT2D eigenvalue weighted by Gasteiger charge is 2.33. The Morgan fingerprint density at radius 1 is 1.41 bits per heavy atom. The second-order valence-corrected chi connectivity index (χ2v) is 5.12. The standard InChI is InChI=1S/C13H26N2O2/c1-4-8-14-13(11-12(16)17-3)6-5-9-15(2)10-7-13/h14H,4-11H2,1-3H3. The van der Waals surface area contributed by atoms with Crippen molar-refractivity contribution in [2.24, 2.45) is 0 Å². The maximum absolute atomic E-state index is 11.6. The molecule has 1 heterocycles. The highest BCUT2D eigenvalue weighted by molar-refractivity contribution is 5.70. The van der Waals surface area contributed by atoms with Gasteiger partial charge >= 0.3 is 5.97 Å². The first-order valence-electron chi connectivity index (χ1n) is 6.62. The zero-order valence-electron chi connectivity index (χ0n) is 11.4. The number of nitrogens with one attached hydrogen (secondary N) is 1. The molecule has 1 aliphatic rings. The number of methoxy groups -OCH3 is 1. The molecule has 100 valence electrons. The monoisotopic (exact) mass is 242 g/mol. The van der Waals surface area contributed by atoms with Crippen LogP contribution < -0.4 is 5.32 Å². The lowest BCUT2D eigenvalue weighted by Crippen LogP contribution is -2.48. The molecule has 1 unspecified atom stereocenters. The Hall–Kier alpha value is -0.610. The van der Waals surface area contributed by atoms with E-state index in [2.05, 4.69) is 24.2 Å². The molecule has 1 aliphatic heterocycles. The van der Waals surface area contributed by atoms with Crippen molar-refractivity contribution in [1.29, 1.82) is 0 Å². The van der Waals surface area contributed by atoms with E-state index in [1.165, 1.54) is 7.11 Å². The third kappa shape index (κ3) is 4.64. The van der Waals surface area contributed by atoms with Gasteiger partial charge in [0.05, 0.1) is 13.5 Å². The van der Waals surface area contributed by atoms with Crippen LogP contribution >= 0.6 is 0 Å². The molecule has 0 bridgehead atoms. The number of nitrogens with zero attached hydrogens (tertiary/aromatic N) is 1. The minimum absolute atomic E-state index is 0.0478. The Morgan fingerprint density at radius 3 is 2.82 bits per heavy atom. The third-order valence-corrected chi connectivity index (χ3v) is 3.63. The summed E-state index contributed by atoms with van der Waals surface area (Å²) in [5, 5.41) is 3.58. The van der Waals surface area contributed by atoms with Crippen LogP contribution in [0.1, 0.15) is 39.0 Å². The SMILES string of the molecule is CCCNC1(CC(=O)OC)CCCN(C)CC1. The summed E-state index contributed by atoms with van der Waals surface area (Å²) < 4.78 is 4.83. The minimum atomic E-state index is -0.0989. The van der Waals surface area contributed by atoms with Crippen molar-refractivity contribution in [2.45, 2.75) is 44.6 Å². The van der Waals surface area contributed by atoms with Crippen LogP contribution in [0.5, 0.6) is 0 Å². The molecule has 0 amide bonds. The van der Waals surface area contributed by atoms with Crippen LogP contribution in [0, 0.1) is 0 Å². The first kappa shape index (κ1) is 14.5. The Bertz CT molecular complexity index is 242. The van der Waals surface area contributed by atoms with Crippen molar-refractivity contribution in [3.63, 3.8) is 0 Å². The summed E-state index contributed by atoms with van der Waals surface area (Å²) in [6.45, 7) is 5.30. The lowest BCUT2D eigenvalue weighted by molar-refractivity contribution is -0.142. The number of carbonyl (C=O) groups excluding carboxylic acids is 1. The molecule has 0 aromatic carbocycles. The smallest absolute Gasteiger partial charge is 0.307 e. The summed E-state index contributed by atoms with van der Waals surface area (Å²) >= 11 is 0. The van der Waals surface area contributed by atoms with Crippen LogP contribution in [-0.2, 0) is 9.53 Å². The van der Waals surface area contributed by atoms with Gasteiger partial charge in [0, 0.05) is 5.54 Å². The molecule has 0 aromatic heterocycles. The van der Waals surface area contributed by atoms with Gasteiger partial charge in [0.1, 0.15) is 0 Å². The van der Waals surface area contributed by atoms with Crippen LogP contribution in [0.3, 0.4) is 0 Å². The molecular formula is C13H26N2O2. The van der Waals surface area contributed by atoms with E-state index in [9.17, 15) is 4.79 Å². The van der Waals surface area contributed by atoms with Gasteiger partial charge in [-0.3, -0.25) is 4.79 Å². The second kappa shape index (κ2) is 6.97. The Balaban J connectivity index is 2.65. The van der Waals surface area contributed by atoms with Crippen molar-refractivity contribution < 1.29 is 9.53 Å². The number of likely N-dealkylation sites (tertiary alicyclic amines) is 1. The largest absolute Gasteiger partial charge is 0.469 e. The van der Waals surface area contributed by atoms with E-state index in [-0.39, 0.29) is 11.5 Å². The van der Waals surface area contributed by atoms with Crippen LogP contribution in [0.2, 0.25) is 0 Å². The van der Waals surface area contributed by atoms with Gasteiger partial charge in [-0.25, -0.2) is 0 Å². The van der Waals surface area contributed by atoms with Crippen molar-refractivity contribution >= 4 is 5.97 Å². The van der Waals surface area contributed by atoms with Crippen molar-refractivity contribution in [3.05, 3.63) is 0 Å². The first-order chi connectivity index (χ1) is 8.12. The van der Waals surface area contributed by atoms with E-state index < -0.39 is 0 Å². The van der Waals surface area contributed by atoms with Gasteiger partial charge in [-0.1, -0.05) is 6.92 Å². The number of ether oxygens (including phenoxy) is 1. The highest BCUT2D eigenvalue weighted by atomic mass is 16.5. The third-order valence-electron chi connectivity index (χ3n) is 3.63. The predicted molar refractivity (Wildman–Crippen MR) is 69.0 cm³/mol. The lowest BCUT2D eigenvalue weighted by atomic mass is 9.87. The summed E-state index contributed by atoms with van der Waals surface area (Å²) in [7, 11) is 3.62. The average molecular weight is 242 g/mol. The summed E-state index contributed by atoms with van der Waals surface area (Å²) in [6.07, 6.45) is 4.82. The molecule has 4 nitrogen and oxygen atoms in total. The molecule has 1 fully saturated rings. The maximum Gasteiger partial charge on any atom is 0.307 e. The minimum Gasteiger partial charge on any atom is -0.469 e. The molecule has 0 radical (unpaired) electrons. The quantitative estimate of drug-likeness (QED) is 0.740. The van der Waals surface area contributed by atoms with E-state index >= 15 is 0 Å². The number of esters is 1. The van der Waals surface area contributed by atoms with E-state index in [1.807, 2.05) is 0 Å². The zero-order valence-corrected chi connectivity index (χ0v) is 11.4. The molecule has 0 saturated carbocycles. The number of rotatable bonds is 5. The van der Waals surface area contributed by atoms with Crippen LogP contribution in [0.25, 0.3) is 0 Å². The van der Waals surface area contributed by atoms with E-state index in [0.717, 1.165) is 45.3 Å². The zero-order chi connectivity index (χ0) is 12.7. The van der Waals surface area contributed by atoms with Crippen LogP contribution in [-0.4, -0.2) is 50.2 Å². The molecular weight excluding hydrogens is 216 g/mol. The average Bonchev–Trinajstić information content (AvgIpc) is 2.50. The Kier molecular flexibility index (Phi) is 5.92. The van der Waals surface area contributed by atoms with Gasteiger partial charge in [0.25, 0.3) is 0 Å². The number of hydrogen-bond donors (Lipinski definition) is 1. The Morgan fingerprint density at radius 2 is 2.18 bits per heavy atom. The van der Waals surface area contributed by atoms with Gasteiger partial charge in [-0.2, -0.15) is 0 Å². The maximum atomic E-state index is 11.6. The predicted octanol–water partition coefficient (Wildman–Crippen LogP) is 1.40. The van der Waals surface area contributed by atoms with E-state index in [1.54, 1.807) is 0 Å².